The molecule has 2 aromatic carbocycles. The van der Waals surface area contributed by atoms with Crippen LogP contribution in [0, 0.1) is 0 Å². The average Bonchev–Trinajstić information content (AvgIpc) is 3.22. The van der Waals surface area contributed by atoms with Gasteiger partial charge in [0, 0.05) is 52.3 Å². The lowest BCUT2D eigenvalue weighted by Gasteiger charge is -2.35. The van der Waals surface area contributed by atoms with Crippen LogP contribution in [0.1, 0.15) is 33.1 Å². The van der Waals surface area contributed by atoms with Crippen LogP contribution in [0.15, 0.2) is 67.0 Å². The minimum atomic E-state index is -0.210. The van der Waals surface area contributed by atoms with Gasteiger partial charge < -0.3 is 9.64 Å². The number of pyridine rings is 1. The molecule has 0 bridgehead atoms. The fourth-order valence-corrected chi connectivity index (χ4v) is 4.82. The van der Waals surface area contributed by atoms with E-state index in [0.717, 1.165) is 48.4 Å². The zero-order valence-electron chi connectivity index (χ0n) is 19.5. The summed E-state index contributed by atoms with van der Waals surface area (Å²) in [5.41, 5.74) is 2.65. The quantitative estimate of drug-likeness (QED) is 0.290. The van der Waals surface area contributed by atoms with Gasteiger partial charge in [-0.15, -0.1) is 0 Å². The van der Waals surface area contributed by atoms with E-state index in [9.17, 15) is 4.79 Å². The molecule has 7 heteroatoms. The van der Waals surface area contributed by atoms with Crippen molar-refractivity contribution >= 4 is 34.9 Å². The topological polar surface area (TPSA) is 45.7 Å². The number of carbonyl (C=O) groups is 1. The van der Waals surface area contributed by atoms with E-state index in [2.05, 4.69) is 18.8 Å². The highest BCUT2D eigenvalue weighted by atomic mass is 35.5. The molecule has 0 radical (unpaired) electrons. The molecule has 1 fully saturated rings. The standard InChI is InChI=1S/C27H29Cl2N3O2/c1-27(2,32-17-16-31(26(32)33)22-11-14-30-15-12-22)13-3-4-18-34-23-8-5-20(6-9-23)24-10-7-21(28)19-25(24)29/h5-12,14-15,19H,3-4,13,16-18H2,1-2H3. The highest BCUT2D eigenvalue weighted by Crippen LogP contribution is 2.32. The summed E-state index contributed by atoms with van der Waals surface area (Å²) >= 11 is 12.3. The van der Waals surface area contributed by atoms with E-state index < -0.39 is 0 Å². The summed E-state index contributed by atoms with van der Waals surface area (Å²) in [4.78, 5) is 20.8. The third kappa shape index (κ3) is 5.65. The lowest BCUT2D eigenvalue weighted by atomic mass is 9.95. The predicted octanol–water partition coefficient (Wildman–Crippen LogP) is 7.33. The zero-order chi connectivity index (χ0) is 24.1. The molecule has 0 spiro atoms. The molecule has 0 unspecified atom stereocenters. The third-order valence-corrected chi connectivity index (χ3v) is 6.81. The Kier molecular flexibility index (Phi) is 7.64. The second-order valence-corrected chi connectivity index (χ2v) is 9.90. The first kappa shape index (κ1) is 24.4. The van der Waals surface area contributed by atoms with Gasteiger partial charge >= 0.3 is 6.03 Å². The number of aromatic nitrogens is 1. The van der Waals surface area contributed by atoms with Crippen molar-refractivity contribution in [3.63, 3.8) is 0 Å². The molecule has 0 atom stereocenters. The molecule has 0 N–H and O–H groups in total. The van der Waals surface area contributed by atoms with Gasteiger partial charge in [0.15, 0.2) is 0 Å². The molecule has 5 nitrogen and oxygen atoms in total. The van der Waals surface area contributed by atoms with Gasteiger partial charge in [-0.3, -0.25) is 9.88 Å². The molecule has 4 rings (SSSR count). The SMILES string of the molecule is CC(C)(CCCCOc1ccc(-c2ccc(Cl)cc2Cl)cc1)N1CCN(c2ccncc2)C1=O. The normalized spacial score (nSPS) is 14.1. The maximum Gasteiger partial charge on any atom is 0.325 e. The molecule has 0 aliphatic carbocycles. The second-order valence-electron chi connectivity index (χ2n) is 9.06. The lowest BCUT2D eigenvalue weighted by Crippen LogP contribution is -2.46. The van der Waals surface area contributed by atoms with Gasteiger partial charge in [0.25, 0.3) is 0 Å². The van der Waals surface area contributed by atoms with Crippen LogP contribution >= 0.6 is 23.2 Å². The summed E-state index contributed by atoms with van der Waals surface area (Å²) in [6.45, 7) is 6.35. The first-order valence-electron chi connectivity index (χ1n) is 11.5. The van der Waals surface area contributed by atoms with Gasteiger partial charge in [-0.2, -0.15) is 0 Å². The number of amides is 2. The van der Waals surface area contributed by atoms with E-state index in [4.69, 9.17) is 27.9 Å². The first-order valence-corrected chi connectivity index (χ1v) is 12.3. The molecule has 3 aromatic rings. The van der Waals surface area contributed by atoms with Crippen molar-refractivity contribution in [1.82, 2.24) is 9.88 Å². The molecule has 0 saturated carbocycles. The minimum absolute atomic E-state index is 0.0633. The summed E-state index contributed by atoms with van der Waals surface area (Å²) in [5, 5.41) is 1.25. The summed E-state index contributed by atoms with van der Waals surface area (Å²) in [6, 6.07) is 17.2. The zero-order valence-corrected chi connectivity index (χ0v) is 21.0. The van der Waals surface area contributed by atoms with Crippen LogP contribution in [0.2, 0.25) is 10.0 Å². The van der Waals surface area contributed by atoms with Gasteiger partial charge in [0.1, 0.15) is 5.75 Å². The van der Waals surface area contributed by atoms with Crippen LogP contribution in [0.5, 0.6) is 5.75 Å². The fraction of sp³-hybridized carbons (Fsp3) is 0.333. The monoisotopic (exact) mass is 497 g/mol. The van der Waals surface area contributed by atoms with Crippen LogP contribution < -0.4 is 9.64 Å². The number of hydrogen-bond acceptors (Lipinski definition) is 3. The number of ether oxygens (including phenoxy) is 1. The molecule has 1 aliphatic rings. The maximum absolute atomic E-state index is 13.0. The Morgan fingerprint density at radius 1 is 0.971 bits per heavy atom. The average molecular weight is 498 g/mol. The van der Waals surface area contributed by atoms with Crippen LogP contribution in [0.25, 0.3) is 11.1 Å². The number of benzene rings is 2. The van der Waals surface area contributed by atoms with Crippen LogP contribution in [-0.4, -0.2) is 41.2 Å². The van der Waals surface area contributed by atoms with Crippen molar-refractivity contribution in [1.29, 1.82) is 0 Å². The van der Waals surface area contributed by atoms with Crippen molar-refractivity contribution in [2.75, 3.05) is 24.6 Å². The number of urea groups is 1. The summed E-state index contributed by atoms with van der Waals surface area (Å²) < 4.78 is 5.93. The number of carbonyl (C=O) groups excluding carboxylic acids is 1. The molecule has 1 saturated heterocycles. The van der Waals surface area contributed by atoms with Gasteiger partial charge in [-0.25, -0.2) is 4.79 Å². The van der Waals surface area contributed by atoms with E-state index in [1.165, 1.54) is 0 Å². The van der Waals surface area contributed by atoms with Crippen LogP contribution in [-0.2, 0) is 0 Å². The number of halogens is 2. The first-order chi connectivity index (χ1) is 16.3. The van der Waals surface area contributed by atoms with Gasteiger partial charge in [0.05, 0.1) is 6.61 Å². The number of hydrogen-bond donors (Lipinski definition) is 0. The minimum Gasteiger partial charge on any atom is -0.494 e. The molecular formula is C27H29Cl2N3O2. The number of anilines is 1. The molecule has 1 aliphatic heterocycles. The Labute approximate surface area is 211 Å². The van der Waals surface area contributed by atoms with E-state index in [-0.39, 0.29) is 11.6 Å². The Hall–Kier alpha value is -2.76. The van der Waals surface area contributed by atoms with E-state index >= 15 is 0 Å². The Bertz CT molecular complexity index is 1120. The maximum atomic E-state index is 13.0. The van der Waals surface area contributed by atoms with E-state index in [1.54, 1.807) is 18.5 Å². The van der Waals surface area contributed by atoms with E-state index in [1.807, 2.05) is 58.3 Å². The number of unbranched alkanes of at least 4 members (excludes halogenated alkanes) is 1. The van der Waals surface area contributed by atoms with Crippen molar-refractivity contribution in [3.8, 4) is 16.9 Å². The second kappa shape index (κ2) is 10.7. The molecule has 2 heterocycles. The highest BCUT2D eigenvalue weighted by molar-refractivity contribution is 6.36. The third-order valence-electron chi connectivity index (χ3n) is 6.26. The molecule has 2 amide bonds. The lowest BCUT2D eigenvalue weighted by molar-refractivity contribution is 0.150. The Morgan fingerprint density at radius 3 is 2.41 bits per heavy atom. The van der Waals surface area contributed by atoms with E-state index in [0.29, 0.717) is 23.2 Å². The van der Waals surface area contributed by atoms with Gasteiger partial charge in [0.2, 0.25) is 0 Å². The van der Waals surface area contributed by atoms with Gasteiger partial charge in [-0.05, 0) is 75.1 Å². The molecular weight excluding hydrogens is 469 g/mol. The largest absolute Gasteiger partial charge is 0.494 e. The molecule has 1 aromatic heterocycles. The van der Waals surface area contributed by atoms with Gasteiger partial charge in [-0.1, -0.05) is 41.4 Å². The Morgan fingerprint density at radius 2 is 1.71 bits per heavy atom. The smallest absolute Gasteiger partial charge is 0.325 e. The van der Waals surface area contributed by atoms with Crippen molar-refractivity contribution in [2.45, 2.75) is 38.6 Å². The highest BCUT2D eigenvalue weighted by Gasteiger charge is 2.38. The molecule has 34 heavy (non-hydrogen) atoms. The summed E-state index contributed by atoms with van der Waals surface area (Å²) in [5.74, 6) is 0.829. The number of nitrogens with zero attached hydrogens (tertiary/aromatic N) is 3. The Balaban J connectivity index is 1.23. The fourth-order valence-electron chi connectivity index (χ4n) is 4.30. The molecule has 178 valence electrons. The van der Waals surface area contributed by atoms with Crippen molar-refractivity contribution < 1.29 is 9.53 Å². The van der Waals surface area contributed by atoms with Crippen LogP contribution in [0.4, 0.5) is 10.5 Å². The number of rotatable bonds is 9. The summed E-state index contributed by atoms with van der Waals surface area (Å²) in [7, 11) is 0. The van der Waals surface area contributed by atoms with Crippen LogP contribution in [0.3, 0.4) is 0 Å². The predicted molar refractivity (Wildman–Crippen MR) is 139 cm³/mol. The summed E-state index contributed by atoms with van der Waals surface area (Å²) in [6.07, 6.45) is 6.25. The van der Waals surface area contributed by atoms with Crippen molar-refractivity contribution in [2.24, 2.45) is 0 Å². The van der Waals surface area contributed by atoms with Crippen molar-refractivity contribution in [3.05, 3.63) is 77.0 Å².